The predicted octanol–water partition coefficient (Wildman–Crippen LogP) is 6.71. The number of hydrogen-bond acceptors (Lipinski definition) is 6. The highest BCUT2D eigenvalue weighted by atomic mass is 79.9. The summed E-state index contributed by atoms with van der Waals surface area (Å²) in [6.07, 6.45) is -1.10. The number of alkyl halides is 3. The molecule has 3 aromatic rings. The maximum absolute atomic E-state index is 12.7. The number of benzene rings is 2. The van der Waals surface area contributed by atoms with Gasteiger partial charge in [-0.25, -0.2) is 4.98 Å². The minimum atomic E-state index is -4.73. The van der Waals surface area contributed by atoms with E-state index in [1.807, 2.05) is 43.3 Å². The van der Waals surface area contributed by atoms with E-state index in [-0.39, 0.29) is 42.6 Å². The lowest BCUT2D eigenvalue weighted by atomic mass is 9.91. The second kappa shape index (κ2) is 13.0. The Morgan fingerprint density at radius 3 is 2.33 bits per heavy atom. The van der Waals surface area contributed by atoms with E-state index in [4.69, 9.17) is 4.98 Å². The van der Waals surface area contributed by atoms with Crippen LogP contribution < -0.4 is 20.3 Å². The molecule has 0 radical (unpaired) electrons. The first kappa shape index (κ1) is 30.2. The van der Waals surface area contributed by atoms with Crippen molar-refractivity contribution in [2.24, 2.45) is 0 Å². The highest BCUT2D eigenvalue weighted by molar-refractivity contribution is 9.10. The van der Waals surface area contributed by atoms with Gasteiger partial charge in [0.05, 0.1) is 5.52 Å². The molecule has 198 valence electrons. The monoisotopic (exact) mass is 609 g/mol. The van der Waals surface area contributed by atoms with Crippen LogP contribution in [0.15, 0.2) is 46.9 Å². The van der Waals surface area contributed by atoms with Crippen LogP contribution >= 0.6 is 40.7 Å². The number of halogens is 6. The second-order valence-electron chi connectivity index (χ2n) is 8.66. The number of ether oxygens (including phenoxy) is 1. The van der Waals surface area contributed by atoms with Crippen LogP contribution in [0.1, 0.15) is 31.2 Å². The number of nitrogens with one attached hydrogen (secondary N) is 2. The van der Waals surface area contributed by atoms with Gasteiger partial charge in [0.1, 0.15) is 11.6 Å². The van der Waals surface area contributed by atoms with E-state index in [1.165, 1.54) is 6.07 Å². The molecule has 6 nitrogen and oxygen atoms in total. The molecule has 12 heteroatoms. The van der Waals surface area contributed by atoms with E-state index in [0.717, 1.165) is 42.4 Å². The summed E-state index contributed by atoms with van der Waals surface area (Å²) >= 11 is 3.20. The maximum Gasteiger partial charge on any atom is 0.573 e. The van der Waals surface area contributed by atoms with Crippen molar-refractivity contribution in [3.8, 4) is 5.75 Å². The summed E-state index contributed by atoms with van der Waals surface area (Å²) in [5.74, 6) is 1.30. The SMILES string of the molecule is CN(C)c1nc(NC2CCC(NCc3ccc(Br)cc3OC(F)(F)F)CC2)nc2ccccc12.Cl.Cl. The summed E-state index contributed by atoms with van der Waals surface area (Å²) < 4.78 is 43.0. The zero-order chi connectivity index (χ0) is 24.3. The van der Waals surface area contributed by atoms with Crippen LogP contribution in [0.25, 0.3) is 10.9 Å². The zero-order valence-corrected chi connectivity index (χ0v) is 23.0. The first-order chi connectivity index (χ1) is 16.2. The molecule has 36 heavy (non-hydrogen) atoms. The van der Waals surface area contributed by atoms with E-state index in [9.17, 15) is 13.2 Å². The fourth-order valence-corrected chi connectivity index (χ4v) is 4.58. The second-order valence-corrected chi connectivity index (χ2v) is 9.57. The summed E-state index contributed by atoms with van der Waals surface area (Å²) in [5.41, 5.74) is 1.37. The minimum absolute atomic E-state index is 0. The molecule has 0 aliphatic heterocycles. The van der Waals surface area contributed by atoms with Crippen LogP contribution in [-0.4, -0.2) is 42.5 Å². The lowest BCUT2D eigenvalue weighted by molar-refractivity contribution is -0.274. The molecule has 0 saturated heterocycles. The van der Waals surface area contributed by atoms with Crippen molar-refractivity contribution >= 4 is 63.4 Å². The Labute approximate surface area is 229 Å². The molecule has 1 fully saturated rings. The van der Waals surface area contributed by atoms with Gasteiger partial charge < -0.3 is 20.3 Å². The molecular formula is C24H29BrCl2F3N5O. The number of aromatic nitrogens is 2. The van der Waals surface area contributed by atoms with E-state index in [1.54, 1.807) is 12.1 Å². The Bertz CT molecular complexity index is 1140. The Balaban J connectivity index is 0.00000228. The highest BCUT2D eigenvalue weighted by Gasteiger charge is 2.32. The molecular weight excluding hydrogens is 582 g/mol. The molecule has 0 unspecified atom stereocenters. The number of rotatable bonds is 7. The van der Waals surface area contributed by atoms with Crippen molar-refractivity contribution in [1.29, 1.82) is 0 Å². The summed E-state index contributed by atoms with van der Waals surface area (Å²) in [6.45, 7) is 0.307. The lowest BCUT2D eigenvalue weighted by Gasteiger charge is -2.30. The van der Waals surface area contributed by atoms with E-state index in [0.29, 0.717) is 22.5 Å². The van der Waals surface area contributed by atoms with Crippen molar-refractivity contribution in [3.63, 3.8) is 0 Å². The molecule has 0 atom stereocenters. The van der Waals surface area contributed by atoms with Gasteiger partial charge in [-0.1, -0.05) is 34.1 Å². The molecule has 1 heterocycles. The standard InChI is InChI=1S/C24H27BrF3N5O.2ClH/c1-33(2)22-19-5-3-4-6-20(19)31-23(32-22)30-18-11-9-17(10-12-18)29-14-15-7-8-16(25)13-21(15)34-24(26,27)28;;/h3-8,13,17-18,29H,9-12,14H2,1-2H3,(H,30,31,32);2*1H. The van der Waals surface area contributed by atoms with Gasteiger partial charge in [-0.2, -0.15) is 4.98 Å². The van der Waals surface area contributed by atoms with Crippen LogP contribution in [0.4, 0.5) is 24.9 Å². The molecule has 0 amide bonds. The average Bonchev–Trinajstić information content (AvgIpc) is 2.78. The zero-order valence-electron chi connectivity index (χ0n) is 19.8. The van der Waals surface area contributed by atoms with Crippen LogP contribution in [0.2, 0.25) is 0 Å². The van der Waals surface area contributed by atoms with Gasteiger partial charge in [0, 0.05) is 48.1 Å². The van der Waals surface area contributed by atoms with Crippen LogP contribution in [0.3, 0.4) is 0 Å². The minimum Gasteiger partial charge on any atom is -0.405 e. The fourth-order valence-electron chi connectivity index (χ4n) is 4.24. The predicted molar refractivity (Wildman–Crippen MR) is 146 cm³/mol. The number of para-hydroxylation sites is 1. The van der Waals surface area contributed by atoms with Gasteiger partial charge in [0.15, 0.2) is 0 Å². The average molecular weight is 611 g/mol. The third-order valence-corrected chi connectivity index (χ3v) is 6.40. The first-order valence-electron chi connectivity index (χ1n) is 11.2. The quantitative estimate of drug-likeness (QED) is 0.310. The van der Waals surface area contributed by atoms with E-state index < -0.39 is 6.36 Å². The molecule has 0 spiro atoms. The molecule has 2 aromatic carbocycles. The van der Waals surface area contributed by atoms with Crippen molar-refractivity contribution in [3.05, 3.63) is 52.5 Å². The number of anilines is 2. The third kappa shape index (κ3) is 7.99. The number of hydrogen-bond donors (Lipinski definition) is 2. The summed E-state index contributed by atoms with van der Waals surface area (Å²) in [5, 5.41) is 7.87. The van der Waals surface area contributed by atoms with Gasteiger partial charge in [-0.05, 0) is 49.9 Å². The van der Waals surface area contributed by atoms with Crippen LogP contribution in [0, 0.1) is 0 Å². The van der Waals surface area contributed by atoms with Gasteiger partial charge in [0.2, 0.25) is 5.95 Å². The lowest BCUT2D eigenvalue weighted by Crippen LogP contribution is -2.37. The molecule has 1 aliphatic carbocycles. The van der Waals surface area contributed by atoms with Crippen LogP contribution in [-0.2, 0) is 6.54 Å². The summed E-state index contributed by atoms with van der Waals surface area (Å²) in [4.78, 5) is 11.4. The van der Waals surface area contributed by atoms with Gasteiger partial charge in [-0.15, -0.1) is 38.0 Å². The summed E-state index contributed by atoms with van der Waals surface area (Å²) in [7, 11) is 3.93. The largest absolute Gasteiger partial charge is 0.573 e. The fraction of sp³-hybridized carbons (Fsp3) is 0.417. The highest BCUT2D eigenvalue weighted by Crippen LogP contribution is 2.30. The van der Waals surface area contributed by atoms with Gasteiger partial charge in [-0.3, -0.25) is 0 Å². The molecule has 2 N–H and O–H groups in total. The smallest absolute Gasteiger partial charge is 0.405 e. The Morgan fingerprint density at radius 1 is 1.00 bits per heavy atom. The molecule has 4 rings (SSSR count). The van der Waals surface area contributed by atoms with Crippen molar-refractivity contribution in [2.75, 3.05) is 24.3 Å². The Hall–Kier alpha value is -2.01. The first-order valence-corrected chi connectivity index (χ1v) is 12.0. The Morgan fingerprint density at radius 2 is 1.67 bits per heavy atom. The van der Waals surface area contributed by atoms with E-state index >= 15 is 0 Å². The summed E-state index contributed by atoms with van der Waals surface area (Å²) in [6, 6.07) is 13.1. The number of nitrogens with zero attached hydrogens (tertiary/aromatic N) is 3. The van der Waals surface area contributed by atoms with Gasteiger partial charge >= 0.3 is 6.36 Å². The normalized spacial score (nSPS) is 17.6. The van der Waals surface area contributed by atoms with Crippen molar-refractivity contribution < 1.29 is 17.9 Å². The maximum atomic E-state index is 12.7. The molecule has 1 aromatic heterocycles. The molecule has 1 aliphatic rings. The topological polar surface area (TPSA) is 62.3 Å². The molecule has 1 saturated carbocycles. The van der Waals surface area contributed by atoms with E-state index in [2.05, 4.69) is 36.3 Å². The molecule has 0 bridgehead atoms. The van der Waals surface area contributed by atoms with Crippen LogP contribution in [0.5, 0.6) is 5.75 Å². The number of fused-ring (bicyclic) bond motifs is 1. The van der Waals surface area contributed by atoms with Crippen molar-refractivity contribution in [2.45, 2.75) is 50.7 Å². The van der Waals surface area contributed by atoms with Gasteiger partial charge in [0.25, 0.3) is 0 Å². The van der Waals surface area contributed by atoms with Crippen molar-refractivity contribution in [1.82, 2.24) is 15.3 Å². The Kier molecular flexibility index (Phi) is 10.9. The third-order valence-electron chi connectivity index (χ3n) is 5.90.